The first kappa shape index (κ1) is 15.9. The maximum atomic E-state index is 4.36. The number of hydrogen-bond donors (Lipinski definition) is 0. The Labute approximate surface area is 161 Å². The molecule has 1 heterocycles. The van der Waals surface area contributed by atoms with Crippen molar-refractivity contribution in [2.24, 2.45) is 0 Å². The molecule has 0 aliphatic rings. The average molecular weight is 363 g/mol. The molecule has 1 aromatic heterocycles. The molecular weight excluding hydrogens is 348 g/mol. The van der Waals surface area contributed by atoms with Gasteiger partial charge in [-0.15, -0.1) is 10.2 Å². The van der Waals surface area contributed by atoms with Crippen molar-refractivity contribution in [2.45, 2.75) is 0 Å². The third-order valence-electron chi connectivity index (χ3n) is 4.60. The van der Waals surface area contributed by atoms with E-state index in [9.17, 15) is 0 Å². The summed E-state index contributed by atoms with van der Waals surface area (Å²) >= 11 is 1.59. The van der Waals surface area contributed by atoms with Crippen molar-refractivity contribution in [3.05, 3.63) is 97.1 Å². The molecule has 27 heavy (non-hydrogen) atoms. The molecule has 0 unspecified atom stereocenters. The van der Waals surface area contributed by atoms with E-state index in [1.807, 2.05) is 24.3 Å². The summed E-state index contributed by atoms with van der Waals surface area (Å²) in [6, 6.07) is 34.5. The van der Waals surface area contributed by atoms with Crippen LogP contribution >= 0.6 is 11.3 Å². The largest absolute Gasteiger partial charge is 0.148 e. The number of nitrogens with zero attached hydrogens (tertiary/aromatic N) is 2. The molecule has 0 amide bonds. The highest BCUT2D eigenvalue weighted by Gasteiger charge is 2.09. The fourth-order valence-corrected chi connectivity index (χ4v) is 4.08. The van der Waals surface area contributed by atoms with Gasteiger partial charge in [0, 0.05) is 11.1 Å². The second kappa shape index (κ2) is 6.78. The van der Waals surface area contributed by atoms with Crippen molar-refractivity contribution in [3.8, 4) is 32.3 Å². The van der Waals surface area contributed by atoms with E-state index in [0.29, 0.717) is 0 Å². The number of aromatic nitrogens is 2. The quantitative estimate of drug-likeness (QED) is 0.366. The lowest BCUT2D eigenvalue weighted by atomic mass is 9.98. The highest BCUT2D eigenvalue weighted by molar-refractivity contribution is 7.17. The fourth-order valence-electron chi connectivity index (χ4n) is 3.24. The Kier molecular flexibility index (Phi) is 4.00. The maximum Gasteiger partial charge on any atom is 0.148 e. The molecule has 1 radical (unpaired) electrons. The molecule has 0 spiro atoms. The van der Waals surface area contributed by atoms with E-state index in [0.717, 1.165) is 21.1 Å². The van der Waals surface area contributed by atoms with E-state index in [4.69, 9.17) is 0 Å². The summed E-state index contributed by atoms with van der Waals surface area (Å²) in [6.07, 6.45) is 0. The highest BCUT2D eigenvalue weighted by atomic mass is 32.1. The SMILES string of the molecule is [c]1ccccc1-c1nnc(-c2ccc(-c3cccc4ccccc34)cc2)s1. The van der Waals surface area contributed by atoms with E-state index in [-0.39, 0.29) is 0 Å². The van der Waals surface area contributed by atoms with Crippen LogP contribution in [-0.4, -0.2) is 10.2 Å². The monoisotopic (exact) mass is 363 g/mol. The minimum Gasteiger partial charge on any atom is -0.138 e. The fraction of sp³-hybridized carbons (Fsp3) is 0. The molecule has 5 aromatic rings. The van der Waals surface area contributed by atoms with E-state index in [2.05, 4.69) is 83.0 Å². The van der Waals surface area contributed by atoms with Crippen molar-refractivity contribution < 1.29 is 0 Å². The normalized spacial score (nSPS) is 11.0. The summed E-state index contributed by atoms with van der Waals surface area (Å²) < 4.78 is 0. The van der Waals surface area contributed by atoms with Crippen LogP contribution in [-0.2, 0) is 0 Å². The van der Waals surface area contributed by atoms with Gasteiger partial charge in [-0.25, -0.2) is 0 Å². The van der Waals surface area contributed by atoms with Crippen molar-refractivity contribution in [2.75, 3.05) is 0 Å². The van der Waals surface area contributed by atoms with Crippen molar-refractivity contribution in [1.82, 2.24) is 10.2 Å². The number of hydrogen-bond acceptors (Lipinski definition) is 3. The van der Waals surface area contributed by atoms with Gasteiger partial charge in [-0.2, -0.15) is 0 Å². The molecule has 0 saturated heterocycles. The standard InChI is InChI=1S/C24H15N2S/c1-2-8-19(9-3-1)23-25-26-24(27-23)20-15-13-18(14-16-20)22-12-6-10-17-7-4-5-11-21(17)22/h1-8,10-16H. The van der Waals surface area contributed by atoms with E-state index >= 15 is 0 Å². The molecule has 127 valence electrons. The lowest BCUT2D eigenvalue weighted by Crippen LogP contribution is -1.82. The van der Waals surface area contributed by atoms with Crippen LogP contribution < -0.4 is 0 Å². The van der Waals surface area contributed by atoms with Gasteiger partial charge in [0.05, 0.1) is 0 Å². The molecule has 4 aromatic carbocycles. The average Bonchev–Trinajstić information content (AvgIpc) is 3.24. The lowest BCUT2D eigenvalue weighted by molar-refractivity contribution is 1.10. The molecule has 0 bridgehead atoms. The van der Waals surface area contributed by atoms with E-state index < -0.39 is 0 Å². The zero-order chi connectivity index (χ0) is 18.1. The van der Waals surface area contributed by atoms with Gasteiger partial charge in [0.15, 0.2) is 0 Å². The van der Waals surface area contributed by atoms with Crippen molar-refractivity contribution >= 4 is 22.1 Å². The van der Waals surface area contributed by atoms with Crippen molar-refractivity contribution in [3.63, 3.8) is 0 Å². The molecule has 0 aliphatic heterocycles. The Morgan fingerprint density at radius 2 is 1.37 bits per heavy atom. The van der Waals surface area contributed by atoms with Crippen LogP contribution in [0.15, 0.2) is 91.0 Å². The van der Waals surface area contributed by atoms with Gasteiger partial charge in [0.1, 0.15) is 10.0 Å². The van der Waals surface area contributed by atoms with Gasteiger partial charge < -0.3 is 0 Å². The molecular formula is C24H15N2S. The second-order valence-corrected chi connectivity index (χ2v) is 7.27. The second-order valence-electron chi connectivity index (χ2n) is 6.29. The number of rotatable bonds is 3. The Morgan fingerprint density at radius 3 is 2.22 bits per heavy atom. The summed E-state index contributed by atoms with van der Waals surface area (Å²) in [5, 5.41) is 13.0. The first-order chi connectivity index (χ1) is 13.4. The van der Waals surface area contributed by atoms with Crippen molar-refractivity contribution in [1.29, 1.82) is 0 Å². The third kappa shape index (κ3) is 3.03. The molecule has 3 heteroatoms. The van der Waals surface area contributed by atoms with Gasteiger partial charge in [-0.3, -0.25) is 0 Å². The summed E-state index contributed by atoms with van der Waals surface area (Å²) in [5.74, 6) is 0. The summed E-state index contributed by atoms with van der Waals surface area (Å²) in [7, 11) is 0. The van der Waals surface area contributed by atoms with Crippen LogP contribution in [0.4, 0.5) is 0 Å². The van der Waals surface area contributed by atoms with Gasteiger partial charge in [-0.1, -0.05) is 102 Å². The predicted molar refractivity (Wildman–Crippen MR) is 113 cm³/mol. The van der Waals surface area contributed by atoms with E-state index in [1.165, 1.54) is 21.9 Å². The van der Waals surface area contributed by atoms with Crippen LogP contribution in [0.3, 0.4) is 0 Å². The number of fused-ring (bicyclic) bond motifs is 1. The Hall–Kier alpha value is -3.30. The first-order valence-electron chi connectivity index (χ1n) is 8.78. The summed E-state index contributed by atoms with van der Waals surface area (Å²) in [4.78, 5) is 0. The Balaban J connectivity index is 1.50. The smallest absolute Gasteiger partial charge is 0.138 e. The van der Waals surface area contributed by atoms with Gasteiger partial charge in [-0.05, 0) is 28.0 Å². The van der Waals surface area contributed by atoms with Crippen LogP contribution in [0.1, 0.15) is 0 Å². The Bertz CT molecular complexity index is 1200. The Morgan fingerprint density at radius 1 is 0.630 bits per heavy atom. The molecule has 2 nitrogen and oxygen atoms in total. The molecule has 0 saturated carbocycles. The number of benzene rings is 4. The topological polar surface area (TPSA) is 25.8 Å². The van der Waals surface area contributed by atoms with Gasteiger partial charge in [0.25, 0.3) is 0 Å². The highest BCUT2D eigenvalue weighted by Crippen LogP contribution is 2.33. The van der Waals surface area contributed by atoms with Crippen LogP contribution in [0, 0.1) is 6.07 Å². The third-order valence-corrected chi connectivity index (χ3v) is 5.60. The predicted octanol–water partition coefficient (Wildman–Crippen LogP) is 6.49. The van der Waals surface area contributed by atoms with Crippen LogP contribution in [0.5, 0.6) is 0 Å². The maximum absolute atomic E-state index is 4.36. The first-order valence-corrected chi connectivity index (χ1v) is 9.59. The van der Waals surface area contributed by atoms with Gasteiger partial charge >= 0.3 is 0 Å². The lowest BCUT2D eigenvalue weighted by Gasteiger charge is -2.07. The van der Waals surface area contributed by atoms with Crippen LogP contribution in [0.25, 0.3) is 43.0 Å². The zero-order valence-corrected chi connectivity index (χ0v) is 15.3. The summed E-state index contributed by atoms with van der Waals surface area (Å²) in [5.41, 5.74) is 4.51. The molecule has 0 fully saturated rings. The van der Waals surface area contributed by atoms with Crippen LogP contribution in [0.2, 0.25) is 0 Å². The zero-order valence-electron chi connectivity index (χ0n) is 14.5. The molecule has 0 N–H and O–H groups in total. The van der Waals surface area contributed by atoms with Gasteiger partial charge in [0.2, 0.25) is 0 Å². The molecule has 0 atom stereocenters. The molecule has 0 aliphatic carbocycles. The molecule has 5 rings (SSSR count). The minimum atomic E-state index is 0.892. The summed E-state index contributed by atoms with van der Waals surface area (Å²) in [6.45, 7) is 0. The van der Waals surface area contributed by atoms with E-state index in [1.54, 1.807) is 11.3 Å². The minimum absolute atomic E-state index is 0.892.